The molecule has 1 atom stereocenters. The number of rotatable bonds is 6. The van der Waals surface area contributed by atoms with Gasteiger partial charge in [-0.2, -0.15) is 0 Å². The van der Waals surface area contributed by atoms with Crippen molar-refractivity contribution in [3.05, 3.63) is 65.5 Å². The summed E-state index contributed by atoms with van der Waals surface area (Å²) < 4.78 is 13.6. The van der Waals surface area contributed by atoms with Crippen molar-refractivity contribution in [3.63, 3.8) is 0 Å². The first-order valence-corrected chi connectivity index (χ1v) is 7.86. The van der Waals surface area contributed by atoms with Gasteiger partial charge in [-0.3, -0.25) is 0 Å². The molecule has 20 heavy (non-hydrogen) atoms. The molecular weight excluding hydrogens is 269 g/mol. The molecule has 1 N–H and O–H groups in total. The van der Waals surface area contributed by atoms with Crippen LogP contribution in [-0.4, -0.2) is 12.3 Å². The normalized spacial score (nSPS) is 12.3. The highest BCUT2D eigenvalue weighted by Gasteiger charge is 2.12. The monoisotopic (exact) mass is 289 g/mol. The first-order chi connectivity index (χ1) is 9.70. The Morgan fingerprint density at radius 2 is 1.80 bits per heavy atom. The summed E-state index contributed by atoms with van der Waals surface area (Å²) in [5.74, 6) is 0.675. The predicted octanol–water partition coefficient (Wildman–Crippen LogP) is 4.58. The standard InChI is InChI=1S/C17H20FNS/c1-3-19-16(14-10-8-13(2)9-11-14)12-20-17-7-5-4-6-15(17)18/h4-11,16,19H,3,12H2,1-2H3. The topological polar surface area (TPSA) is 12.0 Å². The van der Waals surface area contributed by atoms with Crippen molar-refractivity contribution in [1.82, 2.24) is 5.32 Å². The van der Waals surface area contributed by atoms with Crippen LogP contribution in [0.5, 0.6) is 0 Å². The Morgan fingerprint density at radius 1 is 1.10 bits per heavy atom. The van der Waals surface area contributed by atoms with Crippen molar-refractivity contribution in [2.75, 3.05) is 12.3 Å². The summed E-state index contributed by atoms with van der Waals surface area (Å²) in [5.41, 5.74) is 2.51. The maximum absolute atomic E-state index is 13.6. The van der Waals surface area contributed by atoms with Crippen LogP contribution in [0.2, 0.25) is 0 Å². The largest absolute Gasteiger partial charge is 0.309 e. The lowest BCUT2D eigenvalue weighted by Gasteiger charge is -2.18. The lowest BCUT2D eigenvalue weighted by atomic mass is 10.1. The number of thioether (sulfide) groups is 1. The molecule has 0 aliphatic carbocycles. The zero-order chi connectivity index (χ0) is 14.4. The number of hydrogen-bond donors (Lipinski definition) is 1. The highest BCUT2D eigenvalue weighted by atomic mass is 32.2. The van der Waals surface area contributed by atoms with Crippen molar-refractivity contribution in [2.24, 2.45) is 0 Å². The fourth-order valence-corrected chi connectivity index (χ4v) is 3.09. The van der Waals surface area contributed by atoms with Crippen LogP contribution in [0.25, 0.3) is 0 Å². The van der Waals surface area contributed by atoms with E-state index in [4.69, 9.17) is 0 Å². The molecule has 0 heterocycles. The summed E-state index contributed by atoms with van der Waals surface area (Å²) in [4.78, 5) is 0.711. The summed E-state index contributed by atoms with van der Waals surface area (Å²) in [6, 6.07) is 15.7. The van der Waals surface area contributed by atoms with Crippen LogP contribution in [-0.2, 0) is 0 Å². The fraction of sp³-hybridized carbons (Fsp3) is 0.294. The third kappa shape index (κ3) is 4.09. The van der Waals surface area contributed by atoms with Crippen LogP contribution in [0.1, 0.15) is 24.1 Å². The van der Waals surface area contributed by atoms with Crippen LogP contribution < -0.4 is 5.32 Å². The summed E-state index contributed by atoms with van der Waals surface area (Å²) in [6.07, 6.45) is 0. The van der Waals surface area contributed by atoms with Gasteiger partial charge in [0.05, 0.1) is 0 Å². The smallest absolute Gasteiger partial charge is 0.136 e. The molecule has 0 bridgehead atoms. The van der Waals surface area contributed by atoms with Gasteiger partial charge < -0.3 is 5.32 Å². The molecule has 1 nitrogen and oxygen atoms in total. The summed E-state index contributed by atoms with van der Waals surface area (Å²) >= 11 is 1.56. The highest BCUT2D eigenvalue weighted by Crippen LogP contribution is 2.26. The van der Waals surface area contributed by atoms with E-state index >= 15 is 0 Å². The van der Waals surface area contributed by atoms with E-state index in [1.807, 2.05) is 12.1 Å². The van der Waals surface area contributed by atoms with Crippen LogP contribution in [0.15, 0.2) is 53.4 Å². The first-order valence-electron chi connectivity index (χ1n) is 6.88. The molecule has 0 amide bonds. The molecule has 2 rings (SSSR count). The van der Waals surface area contributed by atoms with Gasteiger partial charge in [-0.25, -0.2) is 4.39 Å². The zero-order valence-electron chi connectivity index (χ0n) is 11.9. The third-order valence-corrected chi connectivity index (χ3v) is 4.31. The van der Waals surface area contributed by atoms with Crippen LogP contribution in [0.4, 0.5) is 4.39 Å². The van der Waals surface area contributed by atoms with E-state index in [0.717, 1.165) is 12.3 Å². The molecular formula is C17H20FNS. The van der Waals surface area contributed by atoms with Gasteiger partial charge >= 0.3 is 0 Å². The van der Waals surface area contributed by atoms with Crippen molar-refractivity contribution < 1.29 is 4.39 Å². The maximum Gasteiger partial charge on any atom is 0.136 e. The van der Waals surface area contributed by atoms with Gasteiger partial charge in [0.15, 0.2) is 0 Å². The van der Waals surface area contributed by atoms with Crippen LogP contribution in [0, 0.1) is 12.7 Å². The number of benzene rings is 2. The Labute approximate surface area is 124 Å². The Kier molecular flexibility index (Phi) is 5.62. The van der Waals surface area contributed by atoms with Gasteiger partial charge in [-0.15, -0.1) is 11.8 Å². The molecule has 2 aromatic carbocycles. The van der Waals surface area contributed by atoms with Gasteiger partial charge in [0, 0.05) is 16.7 Å². The summed E-state index contributed by atoms with van der Waals surface area (Å²) in [7, 11) is 0. The van der Waals surface area contributed by atoms with Crippen molar-refractivity contribution in [3.8, 4) is 0 Å². The minimum atomic E-state index is -0.142. The zero-order valence-corrected chi connectivity index (χ0v) is 12.7. The maximum atomic E-state index is 13.6. The molecule has 0 fully saturated rings. The van der Waals surface area contributed by atoms with E-state index in [1.165, 1.54) is 17.2 Å². The van der Waals surface area contributed by atoms with Crippen LogP contribution >= 0.6 is 11.8 Å². The summed E-state index contributed by atoms with van der Waals surface area (Å²) in [6.45, 7) is 5.07. The molecule has 3 heteroatoms. The molecule has 0 aliphatic rings. The van der Waals surface area contributed by atoms with E-state index in [9.17, 15) is 4.39 Å². The van der Waals surface area contributed by atoms with Gasteiger partial charge in [-0.05, 0) is 31.2 Å². The summed E-state index contributed by atoms with van der Waals surface area (Å²) in [5, 5.41) is 3.46. The Morgan fingerprint density at radius 3 is 2.45 bits per heavy atom. The van der Waals surface area contributed by atoms with E-state index in [1.54, 1.807) is 17.8 Å². The highest BCUT2D eigenvalue weighted by molar-refractivity contribution is 7.99. The SMILES string of the molecule is CCNC(CSc1ccccc1F)c1ccc(C)cc1. The van der Waals surface area contributed by atoms with E-state index in [2.05, 4.69) is 43.4 Å². The third-order valence-electron chi connectivity index (χ3n) is 3.17. The quantitative estimate of drug-likeness (QED) is 0.781. The number of halogens is 1. The van der Waals surface area contributed by atoms with E-state index in [-0.39, 0.29) is 11.9 Å². The van der Waals surface area contributed by atoms with Gasteiger partial charge in [0.1, 0.15) is 5.82 Å². The Hall–Kier alpha value is -1.32. The molecule has 0 aromatic heterocycles. The van der Waals surface area contributed by atoms with E-state index in [0.29, 0.717) is 4.90 Å². The molecule has 0 spiro atoms. The second-order valence-corrected chi connectivity index (χ2v) is 5.82. The van der Waals surface area contributed by atoms with Crippen molar-refractivity contribution >= 4 is 11.8 Å². The average Bonchev–Trinajstić information content (AvgIpc) is 2.46. The van der Waals surface area contributed by atoms with Gasteiger partial charge in [0.2, 0.25) is 0 Å². The number of aryl methyl sites for hydroxylation is 1. The van der Waals surface area contributed by atoms with Gasteiger partial charge in [-0.1, -0.05) is 48.9 Å². The first kappa shape index (κ1) is 15.1. The van der Waals surface area contributed by atoms with Crippen LogP contribution in [0.3, 0.4) is 0 Å². The number of nitrogens with one attached hydrogen (secondary N) is 1. The molecule has 0 aliphatic heterocycles. The molecule has 0 saturated carbocycles. The molecule has 0 radical (unpaired) electrons. The Bertz CT molecular complexity index is 539. The van der Waals surface area contributed by atoms with Gasteiger partial charge in [0.25, 0.3) is 0 Å². The molecule has 2 aromatic rings. The number of hydrogen-bond acceptors (Lipinski definition) is 2. The van der Waals surface area contributed by atoms with Crippen molar-refractivity contribution in [1.29, 1.82) is 0 Å². The molecule has 106 valence electrons. The minimum Gasteiger partial charge on any atom is -0.309 e. The second-order valence-electron chi connectivity index (χ2n) is 4.76. The lowest BCUT2D eigenvalue weighted by Crippen LogP contribution is -2.22. The fourth-order valence-electron chi connectivity index (χ4n) is 2.05. The Balaban J connectivity index is 2.06. The van der Waals surface area contributed by atoms with Crippen molar-refractivity contribution in [2.45, 2.75) is 24.8 Å². The second kappa shape index (κ2) is 7.46. The average molecular weight is 289 g/mol. The predicted molar refractivity (Wildman–Crippen MR) is 84.7 cm³/mol. The lowest BCUT2D eigenvalue weighted by molar-refractivity contribution is 0.595. The van der Waals surface area contributed by atoms with E-state index < -0.39 is 0 Å². The minimum absolute atomic E-state index is 0.142. The molecule has 1 unspecified atom stereocenters. The molecule has 0 saturated heterocycles.